The Morgan fingerprint density at radius 2 is 1.48 bits per heavy atom. The molecule has 4 rings (SSSR count). The van der Waals surface area contributed by atoms with Crippen LogP contribution < -0.4 is 10.2 Å². The number of imide groups is 1. The summed E-state index contributed by atoms with van der Waals surface area (Å²) >= 11 is 6.29. The smallest absolute Gasteiger partial charge is 0.282 e. The quantitative estimate of drug-likeness (QED) is 0.598. The van der Waals surface area contributed by atoms with Crippen LogP contribution in [0.5, 0.6) is 0 Å². The first kappa shape index (κ1) is 19.0. The van der Waals surface area contributed by atoms with Crippen molar-refractivity contribution in [1.29, 1.82) is 0 Å². The molecule has 0 saturated carbocycles. The topological polar surface area (TPSA) is 49.4 Å². The van der Waals surface area contributed by atoms with E-state index in [0.29, 0.717) is 21.8 Å². The van der Waals surface area contributed by atoms with E-state index in [1.54, 1.807) is 24.3 Å². The summed E-state index contributed by atoms with van der Waals surface area (Å²) in [6.07, 6.45) is 0. The number of benzene rings is 3. The van der Waals surface area contributed by atoms with Crippen LogP contribution in [0.3, 0.4) is 0 Å². The van der Waals surface area contributed by atoms with Gasteiger partial charge in [-0.1, -0.05) is 60.1 Å². The molecule has 0 saturated heterocycles. The molecule has 3 aromatic rings. The Labute approximate surface area is 174 Å². The van der Waals surface area contributed by atoms with Crippen molar-refractivity contribution in [3.63, 3.8) is 0 Å². The van der Waals surface area contributed by atoms with E-state index in [2.05, 4.69) is 5.32 Å². The van der Waals surface area contributed by atoms with Crippen LogP contribution in [0.1, 0.15) is 16.7 Å². The van der Waals surface area contributed by atoms with E-state index in [9.17, 15) is 9.59 Å². The maximum atomic E-state index is 13.3. The zero-order valence-corrected chi connectivity index (χ0v) is 16.8. The molecule has 0 atom stereocenters. The number of rotatable bonds is 4. The summed E-state index contributed by atoms with van der Waals surface area (Å²) in [5.41, 5.74) is 4.61. The largest absolute Gasteiger partial charge is 0.350 e. The average molecular weight is 403 g/mol. The first-order valence-corrected chi connectivity index (χ1v) is 9.62. The monoisotopic (exact) mass is 402 g/mol. The van der Waals surface area contributed by atoms with Gasteiger partial charge in [0, 0.05) is 5.69 Å². The molecule has 0 unspecified atom stereocenters. The Morgan fingerprint density at radius 3 is 2.17 bits per heavy atom. The fourth-order valence-corrected chi connectivity index (χ4v) is 3.55. The van der Waals surface area contributed by atoms with Gasteiger partial charge >= 0.3 is 0 Å². The van der Waals surface area contributed by atoms with Crippen LogP contribution in [0.15, 0.2) is 78.5 Å². The highest BCUT2D eigenvalue weighted by atomic mass is 35.5. The molecule has 0 radical (unpaired) electrons. The van der Waals surface area contributed by atoms with Gasteiger partial charge in [-0.05, 0) is 54.8 Å². The molecule has 5 heteroatoms. The number of nitrogens with one attached hydrogen (secondary N) is 1. The van der Waals surface area contributed by atoms with Gasteiger partial charge in [-0.25, -0.2) is 4.90 Å². The zero-order valence-electron chi connectivity index (χ0n) is 16.1. The third-order valence-electron chi connectivity index (χ3n) is 5.02. The summed E-state index contributed by atoms with van der Waals surface area (Å²) in [6.45, 7) is 4.03. The van der Waals surface area contributed by atoms with Gasteiger partial charge in [0.25, 0.3) is 11.8 Å². The van der Waals surface area contributed by atoms with Gasteiger partial charge in [-0.3, -0.25) is 9.59 Å². The highest BCUT2D eigenvalue weighted by Crippen LogP contribution is 2.36. The first-order chi connectivity index (χ1) is 14.0. The minimum Gasteiger partial charge on any atom is -0.350 e. The molecule has 4 nitrogen and oxygen atoms in total. The second kappa shape index (κ2) is 7.57. The predicted octanol–water partition coefficient (Wildman–Crippen LogP) is 5.35. The molecule has 2 amide bonds. The van der Waals surface area contributed by atoms with Crippen LogP contribution in [0.2, 0.25) is 5.02 Å². The summed E-state index contributed by atoms with van der Waals surface area (Å²) in [5, 5.41) is 3.52. The van der Waals surface area contributed by atoms with Crippen molar-refractivity contribution in [3.8, 4) is 0 Å². The molecule has 0 bridgehead atoms. The number of anilines is 2. The first-order valence-electron chi connectivity index (χ1n) is 9.24. The maximum absolute atomic E-state index is 13.3. The second-order valence-electron chi connectivity index (χ2n) is 6.94. The van der Waals surface area contributed by atoms with E-state index in [1.807, 2.05) is 62.4 Å². The van der Waals surface area contributed by atoms with Crippen molar-refractivity contribution < 1.29 is 9.59 Å². The number of amides is 2. The average Bonchev–Trinajstić information content (AvgIpc) is 2.96. The highest BCUT2D eigenvalue weighted by molar-refractivity contribution is 6.48. The van der Waals surface area contributed by atoms with Crippen molar-refractivity contribution in [1.82, 2.24) is 0 Å². The van der Waals surface area contributed by atoms with E-state index < -0.39 is 11.8 Å². The lowest BCUT2D eigenvalue weighted by Gasteiger charge is -2.16. The number of para-hydroxylation sites is 1. The number of halogens is 1. The summed E-state index contributed by atoms with van der Waals surface area (Å²) in [5.74, 6) is -0.833. The standard InChI is InChI=1S/C24H19ClN2O2/c1-15-12-13-18(14-16(15)2)26-22-21(17-8-4-3-5-9-17)23(28)27(24(22)29)20-11-7-6-10-19(20)25/h3-14,26H,1-2H3. The molecule has 29 heavy (non-hydrogen) atoms. The van der Waals surface area contributed by atoms with Crippen molar-refractivity contribution >= 4 is 40.4 Å². The Kier molecular flexibility index (Phi) is 4.95. The van der Waals surface area contributed by atoms with Crippen LogP contribution in [-0.2, 0) is 9.59 Å². The molecule has 144 valence electrons. The summed E-state index contributed by atoms with van der Waals surface area (Å²) < 4.78 is 0. The number of hydrogen-bond acceptors (Lipinski definition) is 3. The Hall–Kier alpha value is -3.37. The van der Waals surface area contributed by atoms with Crippen molar-refractivity contribution in [2.24, 2.45) is 0 Å². The van der Waals surface area contributed by atoms with E-state index in [0.717, 1.165) is 21.7 Å². The Bertz CT molecular complexity index is 1150. The van der Waals surface area contributed by atoms with Crippen LogP contribution in [0.25, 0.3) is 5.57 Å². The Balaban J connectivity index is 1.84. The molecule has 1 aliphatic heterocycles. The molecular formula is C24H19ClN2O2. The summed E-state index contributed by atoms with van der Waals surface area (Å²) in [4.78, 5) is 27.8. The third-order valence-corrected chi connectivity index (χ3v) is 5.34. The minimum atomic E-state index is -0.430. The molecule has 1 aliphatic rings. The Morgan fingerprint density at radius 1 is 0.793 bits per heavy atom. The van der Waals surface area contributed by atoms with Gasteiger partial charge in [0.2, 0.25) is 0 Å². The van der Waals surface area contributed by atoms with Crippen molar-refractivity contribution in [2.75, 3.05) is 10.2 Å². The van der Waals surface area contributed by atoms with Crippen LogP contribution >= 0.6 is 11.6 Å². The molecule has 1 heterocycles. The molecule has 3 aromatic carbocycles. The fraction of sp³-hybridized carbons (Fsp3) is 0.0833. The van der Waals surface area contributed by atoms with Gasteiger partial charge in [0.05, 0.1) is 16.3 Å². The number of aryl methyl sites for hydroxylation is 2. The van der Waals surface area contributed by atoms with Crippen LogP contribution in [0.4, 0.5) is 11.4 Å². The van der Waals surface area contributed by atoms with E-state index in [1.165, 1.54) is 0 Å². The van der Waals surface area contributed by atoms with Gasteiger partial charge < -0.3 is 5.32 Å². The maximum Gasteiger partial charge on any atom is 0.282 e. The predicted molar refractivity (Wildman–Crippen MR) is 117 cm³/mol. The molecule has 1 N–H and O–H groups in total. The van der Waals surface area contributed by atoms with Gasteiger partial charge in [-0.2, -0.15) is 0 Å². The molecule has 0 aromatic heterocycles. The second-order valence-corrected chi connectivity index (χ2v) is 7.34. The van der Waals surface area contributed by atoms with E-state index >= 15 is 0 Å². The van der Waals surface area contributed by atoms with Crippen molar-refractivity contribution in [3.05, 3.63) is 100 Å². The fourth-order valence-electron chi connectivity index (χ4n) is 3.33. The highest BCUT2D eigenvalue weighted by Gasteiger charge is 2.40. The van der Waals surface area contributed by atoms with E-state index in [-0.39, 0.29) is 5.70 Å². The normalized spacial score (nSPS) is 14.0. The molecule has 0 fully saturated rings. The van der Waals surface area contributed by atoms with Crippen molar-refractivity contribution in [2.45, 2.75) is 13.8 Å². The van der Waals surface area contributed by atoms with Gasteiger partial charge in [0.15, 0.2) is 0 Å². The SMILES string of the molecule is Cc1ccc(NC2=C(c3ccccc3)C(=O)N(c3ccccc3Cl)C2=O)cc1C. The number of carbonyl (C=O) groups excluding carboxylic acids is 2. The lowest BCUT2D eigenvalue weighted by atomic mass is 10.0. The molecule has 0 aliphatic carbocycles. The van der Waals surface area contributed by atoms with E-state index in [4.69, 9.17) is 11.6 Å². The van der Waals surface area contributed by atoms with Crippen LogP contribution in [-0.4, -0.2) is 11.8 Å². The van der Waals surface area contributed by atoms with Crippen LogP contribution in [0, 0.1) is 13.8 Å². The lowest BCUT2D eigenvalue weighted by molar-refractivity contribution is -0.120. The lowest BCUT2D eigenvalue weighted by Crippen LogP contribution is -2.32. The van der Waals surface area contributed by atoms with Gasteiger partial charge in [0.1, 0.15) is 5.70 Å². The number of hydrogen-bond donors (Lipinski definition) is 1. The molecule has 0 spiro atoms. The zero-order chi connectivity index (χ0) is 20.5. The van der Waals surface area contributed by atoms with Gasteiger partial charge in [-0.15, -0.1) is 0 Å². The number of nitrogens with zero attached hydrogens (tertiary/aromatic N) is 1. The summed E-state index contributed by atoms with van der Waals surface area (Å²) in [7, 11) is 0. The third kappa shape index (κ3) is 3.43. The summed E-state index contributed by atoms with van der Waals surface area (Å²) in [6, 6.07) is 21.9. The number of carbonyl (C=O) groups is 2. The molecular weight excluding hydrogens is 384 g/mol. The minimum absolute atomic E-state index is 0.240.